The van der Waals surface area contributed by atoms with Gasteiger partial charge in [0.25, 0.3) is 0 Å². The number of hydrogen-bond acceptors (Lipinski definition) is 10. The van der Waals surface area contributed by atoms with Crippen molar-refractivity contribution in [3.8, 4) is 0 Å². The molecule has 0 aliphatic carbocycles. The number of aldehydes is 2. The van der Waals surface area contributed by atoms with Crippen LogP contribution in [0.2, 0.25) is 0 Å². The number of nitrogens with one attached hydrogen (secondary N) is 2. The standard InChI is InChI=1S/C4H8N2O.C3H7NO.C2H6N2O.2C2H4O.CH5NO.2CH4.2BH.2Fm/c1-3-5-6-4(2)7;1-3-4-5-2;1-2(5)4-3;2*1-2-3;1-3-2;;;;;;/h3H,1-2H3,(H,6,7);3H,1-2H3;3H2,1H3,(H,4,5);2*2H,1H3;2H2,1H3;2*1H4;2*1H;;/i;;;;;;;;2*1T;;. The molecule has 0 aliphatic rings. The van der Waals surface area contributed by atoms with Gasteiger partial charge >= 0.3 is 0 Å². The molecule has 32 heavy (non-hydrogen) atoms. The minimum absolute atomic E-state index is 0. The molecule has 0 aromatic rings. The molecule has 12 nitrogen and oxygen atoms in total. The zero-order chi connectivity index (χ0) is 26.2. The number of rotatable bonds is 2. The molecule has 0 atom stereocenters. The van der Waals surface area contributed by atoms with Gasteiger partial charge in [-0.05, 0) is 30.4 Å². The van der Waals surface area contributed by atoms with E-state index in [0.717, 1.165) is 12.6 Å². The third-order valence-corrected chi connectivity index (χ3v) is 0.765. The van der Waals surface area contributed by atoms with Crippen LogP contribution in [0.5, 0.6) is 0 Å². The number of hydrazone groups is 1. The van der Waals surface area contributed by atoms with Gasteiger partial charge in [0.1, 0.15) is 19.7 Å². The van der Waals surface area contributed by atoms with Crippen LogP contribution in [0.25, 0.3) is 0 Å². The van der Waals surface area contributed by atoms with Gasteiger partial charge in [0, 0.05) is 43.0 Å². The van der Waals surface area contributed by atoms with Crippen molar-refractivity contribution in [2.24, 2.45) is 22.0 Å². The van der Waals surface area contributed by atoms with Crippen LogP contribution in [0.4, 0.5) is 0 Å². The van der Waals surface area contributed by atoms with E-state index in [-0.39, 0.29) is 26.7 Å². The second kappa shape index (κ2) is 131. The van der Waals surface area contributed by atoms with Gasteiger partial charge in [-0.1, -0.05) is 14.9 Å². The Labute approximate surface area is 189 Å². The van der Waals surface area contributed by atoms with Crippen LogP contribution in [0, 0.1) is 0 Å². The molecule has 0 aromatic heterocycles. The van der Waals surface area contributed by atoms with Crippen molar-refractivity contribution in [3.05, 3.63) is 0 Å². The molecule has 0 aromatic carbocycles. The van der Waals surface area contributed by atoms with Crippen molar-refractivity contribution in [2.75, 3.05) is 14.2 Å². The van der Waals surface area contributed by atoms with Crippen molar-refractivity contribution in [2.45, 2.75) is 56.4 Å². The Morgan fingerprint density at radius 2 is 1.16 bits per heavy atom. The average Bonchev–Trinajstić information content (AvgIpc) is 2.73. The van der Waals surface area contributed by atoms with E-state index in [0.29, 0.717) is 0 Å². The number of amides is 2. The molecule has 2 amide bonds. The van der Waals surface area contributed by atoms with Gasteiger partial charge in [0.2, 0.25) is 11.8 Å². The molecule has 0 spiro atoms. The van der Waals surface area contributed by atoms with Gasteiger partial charge < -0.3 is 19.3 Å². The average molecular weight is 956 g/mol. The monoisotopic (exact) mass is 957 g/mol. The van der Waals surface area contributed by atoms with Gasteiger partial charge in [-0.3, -0.25) is 15.0 Å². The van der Waals surface area contributed by atoms with Crippen molar-refractivity contribution < 1.29 is 28.9 Å². The molecule has 0 saturated carbocycles. The predicted molar refractivity (Wildman–Crippen MR) is 130 cm³/mol. The zero-order valence-electron chi connectivity index (χ0n) is 20.5. The SMILES string of the molecule is C.C.CC(=O)NN.CC=NNC(C)=O.CC=NOC.CC=O.CC=O.CON.[3H][B].[3H][B].[Fm].[Fm]. The maximum atomic E-state index is 9.98. The topological polar surface area (TPSA) is 188 Å². The minimum Gasteiger partial charge on any atom is -0.399 e. The van der Waals surface area contributed by atoms with Crippen LogP contribution >= 0.6 is 0 Å². The first-order valence-electron chi connectivity index (χ1n) is 8.11. The first-order valence-corrected chi connectivity index (χ1v) is 6.95. The maximum absolute atomic E-state index is 9.98. The molecule has 0 heterocycles. The number of oxime groups is 1. The van der Waals surface area contributed by atoms with Crippen LogP contribution in [0.1, 0.15) is 56.4 Å². The van der Waals surface area contributed by atoms with Crippen molar-refractivity contribution in [1.82, 2.24) is 10.9 Å². The molecule has 204 valence electrons. The Kier molecular flexibility index (Phi) is 258. The number of nitrogens with zero attached hydrogens (tertiary/aromatic N) is 2. The quantitative estimate of drug-likeness (QED) is 0.0723. The summed E-state index contributed by atoms with van der Waals surface area (Å²) in [5.41, 5.74) is 4.11. The summed E-state index contributed by atoms with van der Waals surface area (Å²) in [6, 6.07) is 0. The molecule has 0 saturated heterocycles. The third-order valence-electron chi connectivity index (χ3n) is 0.765. The van der Waals surface area contributed by atoms with Crippen LogP contribution < -0.4 is 22.6 Å². The first-order chi connectivity index (χ1) is 14.2. The van der Waals surface area contributed by atoms with Crippen molar-refractivity contribution >= 4 is 53.6 Å². The summed E-state index contributed by atoms with van der Waals surface area (Å²) < 4.78 is 10.5. The van der Waals surface area contributed by atoms with Crippen LogP contribution in [0.3, 0.4) is 0 Å². The first kappa shape index (κ1) is 63.1. The molecule has 0 unspecified atom stereocenters. The normalized spacial score (nSPS) is 6.31. The van der Waals surface area contributed by atoms with Crippen molar-refractivity contribution in [1.29, 1.82) is 2.67 Å². The summed E-state index contributed by atoms with van der Waals surface area (Å²) >= 11 is 0. The molecule has 0 bridgehead atoms. The summed E-state index contributed by atoms with van der Waals surface area (Å²) in [6.07, 6.45) is 4.60. The van der Waals surface area contributed by atoms with Gasteiger partial charge in [0.15, 0.2) is 0 Å². The van der Waals surface area contributed by atoms with Gasteiger partial charge in [-0.25, -0.2) is 17.2 Å². The fourth-order valence-electron chi connectivity index (χ4n) is 0.261. The predicted octanol–water partition coefficient (Wildman–Crippen LogP) is -0.345. The third kappa shape index (κ3) is 1290. The Bertz CT molecular complexity index is 366. The largest absolute Gasteiger partial charge is 0.399 e. The second-order valence-electron chi connectivity index (χ2n) is 3.01. The van der Waals surface area contributed by atoms with Gasteiger partial charge in [0.05, 0.1) is 7.11 Å². The molecule has 16 heteroatoms. The maximum Gasteiger partial charge on any atom is 0.236 e. The Morgan fingerprint density at radius 3 is 1.19 bits per heavy atom. The summed E-state index contributed by atoms with van der Waals surface area (Å²) in [7, 11) is 10.4. The fraction of sp³-hybridized carbons (Fsp3) is 0.625. The summed E-state index contributed by atoms with van der Waals surface area (Å²) in [4.78, 5) is 45.2. The number of nitrogens with two attached hydrogens (primary N) is 2. The number of carbonyl (C=O) groups excluding carboxylic acids is 4. The van der Waals surface area contributed by atoms with E-state index in [2.05, 4.69) is 53.9 Å². The smallest absolute Gasteiger partial charge is 0.236 e. The van der Waals surface area contributed by atoms with E-state index in [9.17, 15) is 9.59 Å². The fourth-order valence-corrected chi connectivity index (χ4v) is 0.261. The van der Waals surface area contributed by atoms with Gasteiger partial charge in [-0.15, -0.1) is 5.16 Å². The van der Waals surface area contributed by atoms with E-state index in [1.165, 1.54) is 48.1 Å². The van der Waals surface area contributed by atoms with E-state index < -0.39 is 0 Å². The van der Waals surface area contributed by atoms with E-state index >= 15 is 0 Å². The van der Waals surface area contributed by atoms with Gasteiger partial charge in [-0.2, -0.15) is 5.10 Å². The Morgan fingerprint density at radius 1 is 0.906 bits per heavy atom. The van der Waals surface area contributed by atoms with E-state index in [1.54, 1.807) is 20.1 Å². The Hall–Kier alpha value is -4.57. The summed E-state index contributed by atoms with van der Waals surface area (Å²) in [5, 5.41) is 6.79. The molecular formula is C16H44B2Fm2N6O6. The molecule has 0 aliphatic heterocycles. The summed E-state index contributed by atoms with van der Waals surface area (Å²) in [5.74, 6) is 8.56. The second-order valence-corrected chi connectivity index (χ2v) is 3.01. The Balaban J connectivity index is -0.0000000166. The molecule has 0 rings (SSSR count). The molecule has 0 fully saturated rings. The molecule has 6 N–H and O–H groups in total. The van der Waals surface area contributed by atoms with Crippen LogP contribution in [-0.4, -0.2) is 70.5 Å². The minimum atomic E-state index is -0.218. The van der Waals surface area contributed by atoms with Crippen molar-refractivity contribution in [3.63, 3.8) is 0 Å². The van der Waals surface area contributed by atoms with E-state index in [1.807, 2.05) is 5.43 Å². The number of hydrazine groups is 1. The van der Waals surface area contributed by atoms with Crippen LogP contribution in [0.15, 0.2) is 10.3 Å². The molecular weight excluding hydrogens is 908 g/mol. The molecule has 4 radical (unpaired) electrons. The zero-order valence-corrected chi connectivity index (χ0v) is 23.3. The number of carbonyl (C=O) groups is 4. The summed E-state index contributed by atoms with van der Waals surface area (Å²) in [6.45, 7) is 9.17. The number of hydrogen-bond donors (Lipinski definition) is 4. The van der Waals surface area contributed by atoms with Crippen LogP contribution in [-0.2, 0) is 28.9 Å². The van der Waals surface area contributed by atoms with E-state index in [4.69, 9.17) is 12.3 Å².